The maximum Gasteiger partial charge on any atom is 0.417 e. The second-order valence-electron chi connectivity index (χ2n) is 6.38. The summed E-state index contributed by atoms with van der Waals surface area (Å²) in [6.07, 6.45) is -4.03. The summed E-state index contributed by atoms with van der Waals surface area (Å²) >= 11 is 0. The minimum Gasteiger partial charge on any atom is -0.493 e. The lowest BCUT2D eigenvalue weighted by Gasteiger charge is -2.22. The summed E-state index contributed by atoms with van der Waals surface area (Å²) in [6, 6.07) is 4.24. The Morgan fingerprint density at radius 3 is 2.72 bits per heavy atom. The topological polar surface area (TPSA) is 74.2 Å². The molecule has 4 rings (SSSR count). The number of aromatic nitrogens is 2. The van der Waals surface area contributed by atoms with E-state index in [0.717, 1.165) is 16.7 Å². The second-order valence-corrected chi connectivity index (χ2v) is 6.38. The Labute approximate surface area is 139 Å². The lowest BCUT2D eigenvalue weighted by Crippen LogP contribution is -2.32. The molecule has 1 aromatic carbocycles. The molecule has 2 aliphatic heterocycles. The lowest BCUT2D eigenvalue weighted by molar-refractivity contribution is -0.137. The van der Waals surface area contributed by atoms with Gasteiger partial charge in [0.1, 0.15) is 5.69 Å². The molecule has 1 N–H and O–H groups in total. The van der Waals surface area contributed by atoms with Crippen molar-refractivity contribution in [1.82, 2.24) is 14.0 Å². The molecule has 0 amide bonds. The first kappa shape index (κ1) is 15.8. The van der Waals surface area contributed by atoms with Crippen molar-refractivity contribution in [3.8, 4) is 17.6 Å². The molecular formula is C16H13F3N4O2. The van der Waals surface area contributed by atoms with Crippen molar-refractivity contribution in [2.45, 2.75) is 24.7 Å². The van der Waals surface area contributed by atoms with Crippen LogP contribution in [-0.2, 0) is 6.18 Å². The number of imidazole rings is 1. The van der Waals surface area contributed by atoms with Crippen molar-refractivity contribution in [2.24, 2.45) is 0 Å². The molecule has 2 aliphatic rings. The van der Waals surface area contributed by atoms with Gasteiger partial charge in [0, 0.05) is 6.54 Å². The van der Waals surface area contributed by atoms with E-state index >= 15 is 0 Å². The van der Waals surface area contributed by atoms with Crippen molar-refractivity contribution >= 4 is 0 Å². The van der Waals surface area contributed by atoms with Crippen LogP contribution in [0.15, 0.2) is 23.0 Å². The number of nitriles is 1. The van der Waals surface area contributed by atoms with Gasteiger partial charge in [-0.1, -0.05) is 0 Å². The van der Waals surface area contributed by atoms with Crippen LogP contribution in [0, 0.1) is 11.3 Å². The maximum atomic E-state index is 13.2. The van der Waals surface area contributed by atoms with Crippen LogP contribution in [0.4, 0.5) is 13.2 Å². The number of hydrogen-bond acceptors (Lipinski definition) is 4. The fourth-order valence-corrected chi connectivity index (χ4v) is 3.90. The summed E-state index contributed by atoms with van der Waals surface area (Å²) in [4.78, 5) is 14.7. The predicted octanol–water partition coefficient (Wildman–Crippen LogP) is 2.17. The SMILES string of the molecule is CN1C[C@H]2C[C@@H]1c1c(O)n(-c3ccc(C#N)c(C(F)(F)F)c3)c(=O)n12. The number of hydrogen-bond donors (Lipinski definition) is 1. The Kier molecular flexibility index (Phi) is 3.09. The standard InChI is InChI=1S/C16H13F3N4O2/c1-21-7-10-5-12(21)13-14(24)23(15(25)22(10)13)9-3-2-8(6-20)11(4-9)16(17,18)19/h2-4,10,12,24H,5,7H2,1H3/t10-,12-/m1/s1. The molecule has 0 unspecified atom stereocenters. The van der Waals surface area contributed by atoms with Crippen LogP contribution < -0.4 is 5.69 Å². The van der Waals surface area contributed by atoms with Crippen LogP contribution >= 0.6 is 0 Å². The number of halogens is 3. The van der Waals surface area contributed by atoms with Gasteiger partial charge in [0.15, 0.2) is 0 Å². The van der Waals surface area contributed by atoms with Crippen LogP contribution in [0.5, 0.6) is 5.88 Å². The Balaban J connectivity index is 1.93. The lowest BCUT2D eigenvalue weighted by atomic mass is 10.1. The van der Waals surface area contributed by atoms with E-state index < -0.39 is 23.0 Å². The van der Waals surface area contributed by atoms with E-state index in [1.165, 1.54) is 16.7 Å². The number of fused-ring (bicyclic) bond motifs is 5. The number of rotatable bonds is 1. The van der Waals surface area contributed by atoms with E-state index in [1.807, 2.05) is 11.9 Å². The molecule has 2 atom stereocenters. The molecular weight excluding hydrogens is 337 g/mol. The first-order valence-corrected chi connectivity index (χ1v) is 7.62. The average molecular weight is 350 g/mol. The zero-order valence-corrected chi connectivity index (χ0v) is 13.1. The fraction of sp³-hybridized carbons (Fsp3) is 0.375. The largest absolute Gasteiger partial charge is 0.493 e. The van der Waals surface area contributed by atoms with Gasteiger partial charge in [-0.05, 0) is 31.7 Å². The van der Waals surface area contributed by atoms with Crippen molar-refractivity contribution in [1.29, 1.82) is 5.26 Å². The summed E-state index contributed by atoms with van der Waals surface area (Å²) in [7, 11) is 1.87. The smallest absolute Gasteiger partial charge is 0.417 e. The molecule has 2 bridgehead atoms. The quantitative estimate of drug-likeness (QED) is 0.855. The van der Waals surface area contributed by atoms with Gasteiger partial charge < -0.3 is 5.11 Å². The van der Waals surface area contributed by atoms with Gasteiger partial charge in [0.2, 0.25) is 5.88 Å². The van der Waals surface area contributed by atoms with Crippen LogP contribution in [0.3, 0.4) is 0 Å². The molecule has 1 saturated heterocycles. The molecule has 0 aliphatic carbocycles. The van der Waals surface area contributed by atoms with Gasteiger partial charge in [0.25, 0.3) is 0 Å². The van der Waals surface area contributed by atoms with Gasteiger partial charge in [-0.25, -0.2) is 9.36 Å². The zero-order chi connectivity index (χ0) is 18.1. The number of alkyl halides is 3. The van der Waals surface area contributed by atoms with E-state index in [2.05, 4.69) is 0 Å². The van der Waals surface area contributed by atoms with Gasteiger partial charge in [-0.3, -0.25) is 9.47 Å². The molecule has 0 spiro atoms. The molecule has 9 heteroatoms. The number of benzene rings is 1. The first-order chi connectivity index (χ1) is 11.7. The number of aromatic hydroxyl groups is 1. The van der Waals surface area contributed by atoms with E-state index in [0.29, 0.717) is 18.7 Å². The van der Waals surface area contributed by atoms with E-state index in [-0.39, 0.29) is 23.7 Å². The average Bonchev–Trinajstić information content (AvgIpc) is 3.17. The number of likely N-dealkylation sites (tertiary alicyclic amines) is 1. The molecule has 25 heavy (non-hydrogen) atoms. The van der Waals surface area contributed by atoms with Crippen LogP contribution in [0.1, 0.15) is 35.3 Å². The Bertz CT molecular complexity index is 983. The van der Waals surface area contributed by atoms with Gasteiger partial charge >= 0.3 is 11.9 Å². The van der Waals surface area contributed by atoms with Crippen LogP contribution in [0.25, 0.3) is 5.69 Å². The van der Waals surface area contributed by atoms with Gasteiger partial charge in [-0.15, -0.1) is 0 Å². The van der Waals surface area contributed by atoms with Crippen LogP contribution in [0.2, 0.25) is 0 Å². The summed E-state index contributed by atoms with van der Waals surface area (Å²) in [5, 5.41) is 19.4. The molecule has 6 nitrogen and oxygen atoms in total. The Hall–Kier alpha value is -2.73. The molecule has 130 valence electrons. The minimum atomic E-state index is -4.73. The van der Waals surface area contributed by atoms with Crippen LogP contribution in [-0.4, -0.2) is 32.7 Å². The van der Waals surface area contributed by atoms with Crippen molar-refractivity contribution in [3.05, 3.63) is 45.5 Å². The Morgan fingerprint density at radius 2 is 2.08 bits per heavy atom. The third-order valence-corrected chi connectivity index (χ3v) is 4.99. The van der Waals surface area contributed by atoms with E-state index in [1.54, 1.807) is 0 Å². The fourth-order valence-electron chi connectivity index (χ4n) is 3.90. The van der Waals surface area contributed by atoms with Crippen molar-refractivity contribution in [3.63, 3.8) is 0 Å². The summed E-state index contributed by atoms with van der Waals surface area (Å²) in [5.41, 5.74) is -1.91. The normalized spacial score (nSPS) is 22.2. The highest BCUT2D eigenvalue weighted by Crippen LogP contribution is 2.47. The van der Waals surface area contributed by atoms with E-state index in [9.17, 15) is 23.1 Å². The third-order valence-electron chi connectivity index (χ3n) is 4.99. The highest BCUT2D eigenvalue weighted by atomic mass is 19.4. The Morgan fingerprint density at radius 1 is 1.36 bits per heavy atom. The molecule has 0 saturated carbocycles. The summed E-state index contributed by atoms with van der Waals surface area (Å²) in [6.45, 7) is 0.655. The molecule has 3 heterocycles. The zero-order valence-electron chi connectivity index (χ0n) is 13.1. The molecule has 2 aromatic rings. The maximum absolute atomic E-state index is 13.2. The van der Waals surface area contributed by atoms with Gasteiger partial charge in [0.05, 0.1) is 35.0 Å². The summed E-state index contributed by atoms with van der Waals surface area (Å²) in [5.74, 6) is -0.345. The summed E-state index contributed by atoms with van der Waals surface area (Å²) < 4.78 is 41.8. The van der Waals surface area contributed by atoms with Crippen molar-refractivity contribution < 1.29 is 18.3 Å². The number of nitrogens with zero attached hydrogens (tertiary/aromatic N) is 4. The first-order valence-electron chi connectivity index (χ1n) is 7.62. The molecule has 1 fully saturated rings. The van der Waals surface area contributed by atoms with Crippen molar-refractivity contribution in [2.75, 3.05) is 13.6 Å². The highest BCUT2D eigenvalue weighted by molar-refractivity contribution is 5.50. The number of likely N-dealkylation sites (N-methyl/N-ethyl adjacent to an activating group) is 1. The van der Waals surface area contributed by atoms with E-state index in [4.69, 9.17) is 5.26 Å². The molecule has 1 aromatic heterocycles. The third kappa shape index (κ3) is 2.04. The second kappa shape index (κ2) is 4.89. The highest BCUT2D eigenvalue weighted by Gasteiger charge is 2.46. The predicted molar refractivity (Wildman–Crippen MR) is 80.4 cm³/mol. The minimum absolute atomic E-state index is 0.0925. The molecule has 0 radical (unpaired) electrons. The van der Waals surface area contributed by atoms with Gasteiger partial charge in [-0.2, -0.15) is 18.4 Å². The monoisotopic (exact) mass is 350 g/mol.